The van der Waals surface area contributed by atoms with E-state index in [9.17, 15) is 4.39 Å². The third-order valence-electron chi connectivity index (χ3n) is 15.6. The van der Waals surface area contributed by atoms with Crippen LogP contribution in [0.5, 0.6) is 5.75 Å². The van der Waals surface area contributed by atoms with E-state index in [0.717, 1.165) is 91.2 Å². The molecule has 0 fully saturated rings. The molecule has 0 aliphatic carbocycles. The minimum absolute atomic E-state index is 0.106. The molecule has 0 aromatic heterocycles. The molecular formula is C86H185FO5. The van der Waals surface area contributed by atoms with Crippen LogP contribution in [-0.2, 0) is 14.2 Å². The maximum atomic E-state index is 10.8. The van der Waals surface area contributed by atoms with Crippen LogP contribution in [-0.4, -0.2) is 44.9 Å². The van der Waals surface area contributed by atoms with Crippen molar-refractivity contribution in [1.29, 1.82) is 0 Å². The number of hydrogen-bond donors (Lipinski definition) is 0. The van der Waals surface area contributed by atoms with E-state index in [0.29, 0.717) is 6.10 Å². The van der Waals surface area contributed by atoms with E-state index in [2.05, 4.69) is 233 Å². The number of benzene rings is 1. The SMILES string of the molecule is CCC(C)C.CCC(C)C.CCC(C)C.CCC(C)C.CCC(C)C.CCC(C)C.CCC(C)C.CCC(C)C.CCC(C)C.CCC(C)C.CCC(C)OCC(C)OCCCCCCCCCCCCCCCCCCCCOc1ccccc1.CCOC(=O)F. The third kappa shape index (κ3) is 179. The average molecular weight is 1320 g/mol. The number of ether oxygens (including phenoxy) is 4. The first kappa shape index (κ1) is 115. The van der Waals surface area contributed by atoms with Gasteiger partial charge in [0.15, 0.2) is 0 Å². The Morgan fingerprint density at radius 2 is 0.500 bits per heavy atom. The van der Waals surface area contributed by atoms with Gasteiger partial charge in [-0.3, -0.25) is 0 Å². The number of unbranched alkanes of at least 4 members (excludes halogenated alkanes) is 17. The van der Waals surface area contributed by atoms with Gasteiger partial charge in [-0.2, -0.15) is 0 Å². The van der Waals surface area contributed by atoms with Crippen molar-refractivity contribution in [2.24, 2.45) is 59.2 Å². The summed E-state index contributed by atoms with van der Waals surface area (Å²) in [5.74, 6) is 9.84. The molecule has 0 saturated carbocycles. The van der Waals surface area contributed by atoms with Crippen molar-refractivity contribution < 1.29 is 28.1 Å². The largest absolute Gasteiger partial charge is 0.495 e. The van der Waals surface area contributed by atoms with Crippen LogP contribution in [0.1, 0.15) is 422 Å². The lowest BCUT2D eigenvalue weighted by Gasteiger charge is -2.16. The monoisotopic (exact) mass is 1320 g/mol. The lowest BCUT2D eigenvalue weighted by Crippen LogP contribution is -2.20. The topological polar surface area (TPSA) is 54.0 Å². The molecule has 0 radical (unpaired) electrons. The van der Waals surface area contributed by atoms with Gasteiger partial charge in [0.05, 0.1) is 32.0 Å². The molecule has 0 heterocycles. The first-order valence-electron chi connectivity index (χ1n) is 39.9. The zero-order valence-electron chi connectivity index (χ0n) is 70.6. The Morgan fingerprint density at radius 1 is 0.293 bits per heavy atom. The van der Waals surface area contributed by atoms with Crippen LogP contribution in [0.2, 0.25) is 0 Å². The van der Waals surface area contributed by atoms with Gasteiger partial charge in [-0.25, -0.2) is 4.79 Å². The summed E-state index contributed by atoms with van der Waals surface area (Å²) in [7, 11) is 0. The Hall–Kier alpha value is -1.66. The fourth-order valence-electron chi connectivity index (χ4n) is 4.60. The van der Waals surface area contributed by atoms with E-state index in [1.54, 1.807) is 0 Å². The summed E-state index contributed by atoms with van der Waals surface area (Å²) < 4.78 is 31.9. The molecule has 0 N–H and O–H groups in total. The van der Waals surface area contributed by atoms with Gasteiger partial charge in [0.25, 0.3) is 0 Å². The van der Waals surface area contributed by atoms with Crippen molar-refractivity contribution in [3.05, 3.63) is 30.3 Å². The number of carbonyl (C=O) groups is 1. The molecule has 566 valence electrons. The number of hydrogen-bond acceptors (Lipinski definition) is 5. The zero-order chi connectivity index (χ0) is 73.8. The molecule has 0 aliphatic heterocycles. The van der Waals surface area contributed by atoms with Crippen molar-refractivity contribution in [2.45, 2.75) is 434 Å². The van der Waals surface area contributed by atoms with Crippen LogP contribution in [0, 0.1) is 59.2 Å². The summed E-state index contributed by atoms with van der Waals surface area (Å²) >= 11 is 0. The molecule has 0 aliphatic rings. The van der Waals surface area contributed by atoms with Crippen molar-refractivity contribution in [2.75, 3.05) is 26.4 Å². The Morgan fingerprint density at radius 3 is 0.674 bits per heavy atom. The first-order chi connectivity index (χ1) is 43.2. The molecular weight excluding hydrogens is 1130 g/mol. The van der Waals surface area contributed by atoms with Gasteiger partial charge >= 0.3 is 6.22 Å². The number of halogens is 1. The zero-order valence-corrected chi connectivity index (χ0v) is 70.6. The smallest absolute Gasteiger partial charge is 0.494 e. The second kappa shape index (κ2) is 103. The standard InChI is InChI=1S/C33H60O3.10C5H12.C3H5FO2/c1-4-31(2)36-30-32(3)34-28-24-19-17-15-13-11-9-7-5-6-8-10-12-14-16-18-20-25-29-35-33-26-22-21-23-27-33;10*1-4-5(2)3;1-2-6-3(4)5/h21-23,26-27,31-32H,4-20,24-25,28-30H2,1-3H3;10*5H,4H2,1-3H3;2H2,1H3. The van der Waals surface area contributed by atoms with Crippen LogP contribution >= 0.6 is 0 Å². The second-order valence-corrected chi connectivity index (χ2v) is 29.5. The molecule has 0 saturated heterocycles. The van der Waals surface area contributed by atoms with E-state index < -0.39 is 6.22 Å². The number of para-hydroxylation sites is 1. The van der Waals surface area contributed by atoms with E-state index >= 15 is 0 Å². The maximum absolute atomic E-state index is 10.8. The van der Waals surface area contributed by atoms with E-state index in [1.165, 1.54) is 187 Å². The van der Waals surface area contributed by atoms with Crippen molar-refractivity contribution in [1.82, 2.24) is 0 Å². The summed E-state index contributed by atoms with van der Waals surface area (Å²) in [6.07, 6.45) is 37.8. The van der Waals surface area contributed by atoms with Gasteiger partial charge in [0, 0.05) is 6.61 Å². The average Bonchev–Trinajstić information content (AvgIpc) is 3.30. The molecule has 2 atom stereocenters. The Balaban J connectivity index is -0.000000104. The van der Waals surface area contributed by atoms with Gasteiger partial charge in [0.2, 0.25) is 0 Å². The normalized spacial score (nSPS) is 10.8. The van der Waals surface area contributed by atoms with Crippen LogP contribution < -0.4 is 4.74 Å². The predicted octanol–water partition coefficient (Wildman–Crippen LogP) is 31.9. The number of carbonyl (C=O) groups excluding carboxylic acids is 1. The Labute approximate surface area is 586 Å². The molecule has 0 spiro atoms. The Kier molecular flexibility index (Phi) is 128. The predicted molar refractivity (Wildman–Crippen MR) is 426 cm³/mol. The minimum Gasteiger partial charge on any atom is -0.494 e. The molecule has 1 aromatic carbocycles. The van der Waals surface area contributed by atoms with E-state index in [1.807, 2.05) is 30.3 Å². The van der Waals surface area contributed by atoms with E-state index in [-0.39, 0.29) is 12.7 Å². The first-order valence-corrected chi connectivity index (χ1v) is 39.9. The van der Waals surface area contributed by atoms with Gasteiger partial charge in [-0.1, -0.05) is 400 Å². The van der Waals surface area contributed by atoms with Crippen molar-refractivity contribution in [3.8, 4) is 5.75 Å². The Bertz CT molecular complexity index is 1140. The molecule has 0 amide bonds. The minimum atomic E-state index is -1.71. The van der Waals surface area contributed by atoms with Crippen LogP contribution in [0.4, 0.5) is 9.18 Å². The molecule has 1 rings (SSSR count). The highest BCUT2D eigenvalue weighted by Crippen LogP contribution is 2.16. The highest BCUT2D eigenvalue weighted by molar-refractivity contribution is 5.57. The van der Waals surface area contributed by atoms with Crippen molar-refractivity contribution in [3.63, 3.8) is 0 Å². The fraction of sp³-hybridized carbons (Fsp3) is 0.919. The highest BCUT2D eigenvalue weighted by Gasteiger charge is 2.05. The fourth-order valence-corrected chi connectivity index (χ4v) is 4.60. The molecule has 2 unspecified atom stereocenters. The molecule has 6 heteroatoms. The van der Waals surface area contributed by atoms with Gasteiger partial charge in [-0.05, 0) is 111 Å². The van der Waals surface area contributed by atoms with Crippen LogP contribution in [0.3, 0.4) is 0 Å². The van der Waals surface area contributed by atoms with Gasteiger partial charge < -0.3 is 18.9 Å². The summed E-state index contributed by atoms with van der Waals surface area (Å²) in [6.45, 7) is 77.0. The van der Waals surface area contributed by atoms with Crippen molar-refractivity contribution >= 4 is 6.22 Å². The third-order valence-corrected chi connectivity index (χ3v) is 15.6. The maximum Gasteiger partial charge on any atom is 0.495 e. The summed E-state index contributed by atoms with van der Waals surface area (Å²) in [6, 6.07) is 10.2. The van der Waals surface area contributed by atoms with Crippen LogP contribution in [0.15, 0.2) is 30.3 Å². The highest BCUT2D eigenvalue weighted by atomic mass is 19.1. The number of rotatable bonds is 38. The molecule has 1 aromatic rings. The van der Waals surface area contributed by atoms with E-state index in [4.69, 9.17) is 19.0 Å². The summed E-state index contributed by atoms with van der Waals surface area (Å²) in [4.78, 5) is 9.15. The molecule has 5 nitrogen and oxygen atoms in total. The van der Waals surface area contributed by atoms with Gasteiger partial charge in [-0.15, -0.1) is 4.39 Å². The summed E-state index contributed by atoms with van der Waals surface area (Å²) in [5.41, 5.74) is 0. The molecule has 0 bridgehead atoms. The van der Waals surface area contributed by atoms with Crippen LogP contribution in [0.25, 0.3) is 0 Å². The summed E-state index contributed by atoms with van der Waals surface area (Å²) in [5, 5.41) is 0. The second-order valence-electron chi connectivity index (χ2n) is 29.5. The molecule has 92 heavy (non-hydrogen) atoms. The quantitative estimate of drug-likeness (QED) is 0.0488. The lowest BCUT2D eigenvalue weighted by atomic mass is 10.0. The van der Waals surface area contributed by atoms with Gasteiger partial charge in [0.1, 0.15) is 5.75 Å². The lowest BCUT2D eigenvalue weighted by molar-refractivity contribution is -0.0329.